The molecule has 0 spiro atoms. The number of nitrogens with zero attached hydrogens (tertiary/aromatic N) is 1. The molecule has 0 saturated carbocycles. The molecule has 0 saturated heterocycles. The highest BCUT2D eigenvalue weighted by atomic mass is 32.2. The van der Waals surface area contributed by atoms with Crippen LogP contribution in [0, 0.1) is 0 Å². The molecule has 2 aromatic rings. The first-order valence-corrected chi connectivity index (χ1v) is 6.92. The Bertz CT molecular complexity index is 637. The number of para-hydroxylation sites is 1. The van der Waals surface area contributed by atoms with Crippen LogP contribution in [0.15, 0.2) is 36.5 Å². The predicted molar refractivity (Wildman–Crippen MR) is 71.3 cm³/mol. The van der Waals surface area contributed by atoms with E-state index in [0.29, 0.717) is 11.2 Å². The van der Waals surface area contributed by atoms with Crippen LogP contribution >= 0.6 is 0 Å². The lowest BCUT2D eigenvalue weighted by molar-refractivity contribution is 0.587. The molecule has 0 aliphatic carbocycles. The summed E-state index contributed by atoms with van der Waals surface area (Å²) in [5.74, 6) is 0. The third-order valence-electron chi connectivity index (χ3n) is 2.31. The second-order valence-corrected chi connectivity index (χ2v) is 5.17. The quantitative estimate of drug-likeness (QED) is 0.731. The zero-order valence-corrected chi connectivity index (χ0v) is 10.4. The van der Waals surface area contributed by atoms with Gasteiger partial charge in [-0.25, -0.2) is 0 Å². The smallest absolute Gasteiger partial charge is 0.299 e. The molecule has 96 valence electrons. The van der Waals surface area contributed by atoms with Gasteiger partial charge in [0.2, 0.25) is 0 Å². The van der Waals surface area contributed by atoms with Gasteiger partial charge in [-0.05, 0) is 12.1 Å². The first kappa shape index (κ1) is 12.7. The Balaban J connectivity index is 2.32. The molecule has 0 bridgehead atoms. The fourth-order valence-corrected chi connectivity index (χ4v) is 2.47. The van der Waals surface area contributed by atoms with E-state index in [1.165, 1.54) is 0 Å². The van der Waals surface area contributed by atoms with Crippen LogP contribution in [0.1, 0.15) is 0 Å². The molecule has 1 aromatic carbocycles. The summed E-state index contributed by atoms with van der Waals surface area (Å²) in [6.07, 6.45) is 1.62. The van der Waals surface area contributed by atoms with Crippen LogP contribution < -0.4 is 15.2 Å². The molecule has 2 rings (SSSR count). The zero-order chi connectivity index (χ0) is 13.0. The lowest BCUT2D eigenvalue weighted by Gasteiger charge is -2.10. The highest BCUT2D eigenvalue weighted by Crippen LogP contribution is 2.21. The van der Waals surface area contributed by atoms with E-state index < -0.39 is 10.2 Å². The number of benzene rings is 1. The van der Waals surface area contributed by atoms with E-state index in [9.17, 15) is 8.42 Å². The van der Waals surface area contributed by atoms with Gasteiger partial charge in [0.15, 0.2) is 0 Å². The molecule has 0 atom stereocenters. The molecule has 0 fully saturated rings. The van der Waals surface area contributed by atoms with Gasteiger partial charge >= 0.3 is 0 Å². The molecular weight excluding hydrogens is 252 g/mol. The fourth-order valence-electron chi connectivity index (χ4n) is 1.56. The first-order chi connectivity index (χ1) is 8.62. The van der Waals surface area contributed by atoms with Crippen molar-refractivity contribution in [3.05, 3.63) is 36.5 Å². The van der Waals surface area contributed by atoms with E-state index in [1.807, 2.05) is 12.1 Å². The summed E-state index contributed by atoms with van der Waals surface area (Å²) in [6, 6.07) is 8.97. The summed E-state index contributed by atoms with van der Waals surface area (Å²) < 4.78 is 28.2. The minimum atomic E-state index is -3.61. The van der Waals surface area contributed by atoms with Crippen LogP contribution in [0.3, 0.4) is 0 Å². The summed E-state index contributed by atoms with van der Waals surface area (Å²) >= 11 is 0. The van der Waals surface area contributed by atoms with Crippen LogP contribution in [0.25, 0.3) is 10.9 Å². The normalized spacial score (nSPS) is 11.6. The Morgan fingerprint density at radius 3 is 2.78 bits per heavy atom. The number of pyridine rings is 1. The fraction of sp³-hybridized carbons (Fsp3) is 0.182. The van der Waals surface area contributed by atoms with Crippen molar-refractivity contribution < 1.29 is 8.42 Å². The van der Waals surface area contributed by atoms with Crippen molar-refractivity contribution in [2.75, 3.05) is 17.8 Å². The van der Waals surface area contributed by atoms with Crippen LogP contribution in [0.5, 0.6) is 0 Å². The summed E-state index contributed by atoms with van der Waals surface area (Å²) in [5, 5.41) is 0.872. The number of aromatic nitrogens is 1. The lowest BCUT2D eigenvalue weighted by atomic mass is 10.2. The molecule has 0 aliphatic rings. The highest BCUT2D eigenvalue weighted by molar-refractivity contribution is 7.90. The van der Waals surface area contributed by atoms with Gasteiger partial charge in [-0.1, -0.05) is 18.2 Å². The van der Waals surface area contributed by atoms with Crippen LogP contribution in [0.2, 0.25) is 0 Å². The number of nitrogens with two attached hydrogens (primary N) is 1. The average molecular weight is 266 g/mol. The maximum atomic E-state index is 11.7. The van der Waals surface area contributed by atoms with Crippen molar-refractivity contribution in [1.82, 2.24) is 9.71 Å². The third-order valence-corrected chi connectivity index (χ3v) is 3.39. The van der Waals surface area contributed by atoms with Crippen LogP contribution in [-0.4, -0.2) is 26.5 Å². The highest BCUT2D eigenvalue weighted by Gasteiger charge is 2.10. The summed E-state index contributed by atoms with van der Waals surface area (Å²) in [4.78, 5) is 4.17. The molecule has 7 heteroatoms. The van der Waals surface area contributed by atoms with E-state index in [-0.39, 0.29) is 13.1 Å². The molecule has 0 amide bonds. The van der Waals surface area contributed by atoms with Crippen molar-refractivity contribution in [3.63, 3.8) is 0 Å². The number of rotatable bonds is 5. The predicted octanol–water partition coefficient (Wildman–Crippen LogP) is 0.440. The van der Waals surface area contributed by atoms with E-state index in [0.717, 1.165) is 5.39 Å². The number of fused-ring (bicyclic) bond motifs is 1. The van der Waals surface area contributed by atoms with E-state index >= 15 is 0 Å². The molecule has 0 aliphatic heterocycles. The van der Waals surface area contributed by atoms with E-state index in [1.54, 1.807) is 24.4 Å². The minimum Gasteiger partial charge on any atom is -0.329 e. The Morgan fingerprint density at radius 2 is 2.00 bits per heavy atom. The van der Waals surface area contributed by atoms with Crippen molar-refractivity contribution in [1.29, 1.82) is 0 Å². The molecule has 18 heavy (non-hydrogen) atoms. The minimum absolute atomic E-state index is 0.188. The SMILES string of the molecule is NCCNS(=O)(=O)Nc1cccc2cccnc12. The topological polar surface area (TPSA) is 97.1 Å². The molecule has 6 nitrogen and oxygen atoms in total. The average Bonchev–Trinajstić information content (AvgIpc) is 2.37. The van der Waals surface area contributed by atoms with Gasteiger partial charge in [-0.3, -0.25) is 9.71 Å². The number of nitrogens with one attached hydrogen (secondary N) is 2. The van der Waals surface area contributed by atoms with Crippen molar-refractivity contribution in [2.24, 2.45) is 5.73 Å². The largest absolute Gasteiger partial charge is 0.329 e. The van der Waals surface area contributed by atoms with Crippen LogP contribution in [-0.2, 0) is 10.2 Å². The standard InChI is InChI=1S/C11H14N4O2S/c12-6-8-14-18(16,17)15-10-5-1-3-9-4-2-7-13-11(9)10/h1-5,7,14-15H,6,8,12H2. The zero-order valence-electron chi connectivity index (χ0n) is 9.63. The summed E-state index contributed by atoms with van der Waals surface area (Å²) in [6.45, 7) is 0.433. The molecule has 0 unspecified atom stereocenters. The van der Waals surface area contributed by atoms with Gasteiger partial charge < -0.3 is 5.73 Å². The van der Waals surface area contributed by atoms with Crippen LogP contribution in [0.4, 0.5) is 5.69 Å². The molecule has 0 radical (unpaired) electrons. The molecule has 4 N–H and O–H groups in total. The van der Waals surface area contributed by atoms with Gasteiger partial charge in [-0.2, -0.15) is 13.1 Å². The maximum absolute atomic E-state index is 11.7. The monoisotopic (exact) mass is 266 g/mol. The molecular formula is C11H14N4O2S. The first-order valence-electron chi connectivity index (χ1n) is 5.43. The number of anilines is 1. The maximum Gasteiger partial charge on any atom is 0.299 e. The summed E-state index contributed by atoms with van der Waals surface area (Å²) in [7, 11) is -3.61. The molecule has 1 heterocycles. The summed E-state index contributed by atoms with van der Waals surface area (Å²) in [5.41, 5.74) is 6.30. The van der Waals surface area contributed by atoms with Gasteiger partial charge in [0.05, 0.1) is 11.2 Å². The molecule has 1 aromatic heterocycles. The second kappa shape index (κ2) is 5.30. The Hall–Kier alpha value is -1.70. The van der Waals surface area contributed by atoms with E-state index in [2.05, 4.69) is 14.4 Å². The van der Waals surface area contributed by atoms with Crippen molar-refractivity contribution in [2.45, 2.75) is 0 Å². The number of hydrogen-bond acceptors (Lipinski definition) is 4. The number of hydrogen-bond donors (Lipinski definition) is 3. The van der Waals surface area contributed by atoms with E-state index in [4.69, 9.17) is 5.73 Å². The Kier molecular flexibility index (Phi) is 3.75. The Morgan fingerprint density at radius 1 is 1.22 bits per heavy atom. The van der Waals surface area contributed by atoms with Gasteiger partial charge in [0.1, 0.15) is 0 Å². The Labute approximate surface area is 105 Å². The van der Waals surface area contributed by atoms with Crippen molar-refractivity contribution in [3.8, 4) is 0 Å². The van der Waals surface area contributed by atoms with Gasteiger partial charge in [0, 0.05) is 24.7 Å². The van der Waals surface area contributed by atoms with Gasteiger partial charge in [0.25, 0.3) is 10.2 Å². The second-order valence-electron chi connectivity index (χ2n) is 3.67. The lowest BCUT2D eigenvalue weighted by Crippen LogP contribution is -2.34. The third kappa shape index (κ3) is 2.95. The van der Waals surface area contributed by atoms with Crippen molar-refractivity contribution >= 4 is 26.8 Å². The van der Waals surface area contributed by atoms with Gasteiger partial charge in [-0.15, -0.1) is 0 Å².